The van der Waals surface area contributed by atoms with Gasteiger partial charge in [-0.15, -0.1) is 15.3 Å². The molecule has 3 aliphatic carbocycles. The maximum Gasteiger partial charge on any atom is 0.284 e. The third-order valence-corrected chi connectivity index (χ3v) is 11.9. The fourth-order valence-corrected chi connectivity index (χ4v) is 11.2. The van der Waals surface area contributed by atoms with E-state index in [0.717, 1.165) is 18.1 Å². The van der Waals surface area contributed by atoms with Gasteiger partial charge in [0.25, 0.3) is 6.92 Å². The van der Waals surface area contributed by atoms with Crippen LogP contribution in [0.5, 0.6) is 0 Å². The van der Waals surface area contributed by atoms with Gasteiger partial charge < -0.3 is 0 Å². The molecular weight excluding hydrogens is 345 g/mol. The highest BCUT2D eigenvalue weighted by molar-refractivity contribution is 8.60. The van der Waals surface area contributed by atoms with Crippen molar-refractivity contribution in [3.05, 3.63) is 0 Å². The Labute approximate surface area is 160 Å². The van der Waals surface area contributed by atoms with Gasteiger partial charge in [0.2, 0.25) is 0 Å². The van der Waals surface area contributed by atoms with Crippen molar-refractivity contribution in [2.75, 3.05) is 5.75 Å². The van der Waals surface area contributed by atoms with Crippen molar-refractivity contribution >= 4 is 18.3 Å². The summed E-state index contributed by atoms with van der Waals surface area (Å²) in [6.07, 6.45) is 21.1. The highest BCUT2D eigenvalue weighted by atomic mass is 32.7. The van der Waals surface area contributed by atoms with Crippen LogP contribution in [0.3, 0.4) is 0 Å². The van der Waals surface area contributed by atoms with Crippen molar-refractivity contribution in [3.63, 3.8) is 0 Å². The molecule has 3 saturated carbocycles. The molecule has 3 N–H and O–H groups in total. The normalized spacial score (nSPS) is 25.3. The fraction of sp³-hybridized carbons (Fsp3) is 1.00. The lowest BCUT2D eigenvalue weighted by molar-refractivity contribution is 0.388. The first-order valence-corrected chi connectivity index (χ1v) is 14.5. The van der Waals surface area contributed by atoms with E-state index in [-0.39, 0.29) is 0 Å². The molecule has 5 heteroatoms. The van der Waals surface area contributed by atoms with Gasteiger partial charge in [0.15, 0.2) is 0 Å². The van der Waals surface area contributed by atoms with E-state index >= 15 is 0 Å². The first-order valence-electron chi connectivity index (χ1n) is 11.2. The molecule has 3 nitrogen and oxygen atoms in total. The summed E-state index contributed by atoms with van der Waals surface area (Å²) in [4.78, 5) is 0. The van der Waals surface area contributed by atoms with Crippen LogP contribution in [0.25, 0.3) is 0 Å². The molecule has 0 aromatic heterocycles. The van der Waals surface area contributed by atoms with Crippen LogP contribution in [-0.2, 0) is 0 Å². The predicted octanol–water partition coefficient (Wildman–Crippen LogP) is 6.18. The molecule has 0 unspecified atom stereocenters. The average Bonchev–Trinajstić information content (AvgIpc) is 2.64. The lowest BCUT2D eigenvalue weighted by atomic mass is 9.96. The van der Waals surface area contributed by atoms with Gasteiger partial charge in [0.05, 0.1) is 11.4 Å². The highest BCUT2D eigenvalue weighted by Gasteiger charge is 2.46. The Balaban J connectivity index is 1.69. The standard InChI is InChI=1S/C20H41N3PS/c1-2-25-24(21-18-12-6-3-7-13-18,22-19-14-8-4-9-15-19)23-20-16-10-5-11-17-20/h18-23H,2-17H2,1H3/q+1. The molecule has 0 aliphatic heterocycles. The van der Waals surface area contributed by atoms with Crippen LogP contribution in [0.15, 0.2) is 0 Å². The lowest BCUT2D eigenvalue weighted by Crippen LogP contribution is -2.48. The zero-order chi connectivity index (χ0) is 17.4. The van der Waals surface area contributed by atoms with Crippen LogP contribution in [0.1, 0.15) is 103 Å². The lowest BCUT2D eigenvalue weighted by Gasteiger charge is -2.37. The van der Waals surface area contributed by atoms with E-state index < -0.39 is 6.92 Å². The van der Waals surface area contributed by atoms with Gasteiger partial charge in [-0.05, 0) is 38.5 Å². The fourth-order valence-electron chi connectivity index (χ4n) is 4.88. The Morgan fingerprint density at radius 2 is 0.920 bits per heavy atom. The molecule has 0 saturated heterocycles. The minimum atomic E-state index is -1.53. The summed E-state index contributed by atoms with van der Waals surface area (Å²) in [5, 5.41) is 12.7. The summed E-state index contributed by atoms with van der Waals surface area (Å²) in [5.41, 5.74) is 0. The summed E-state index contributed by atoms with van der Waals surface area (Å²) in [6, 6.07) is 2.19. The molecule has 0 radical (unpaired) electrons. The van der Waals surface area contributed by atoms with Crippen LogP contribution in [-0.4, -0.2) is 23.9 Å². The Bertz CT molecular complexity index is 314. The van der Waals surface area contributed by atoms with Crippen molar-refractivity contribution in [2.45, 2.75) is 121 Å². The molecule has 3 rings (SSSR count). The van der Waals surface area contributed by atoms with Crippen molar-refractivity contribution < 1.29 is 0 Å². The SMILES string of the molecule is CCS[P+](NC1CCCCC1)(NC1CCCCC1)NC1CCCCC1. The molecule has 0 spiro atoms. The molecule has 3 fully saturated rings. The Kier molecular flexibility index (Phi) is 8.86. The van der Waals surface area contributed by atoms with Crippen molar-refractivity contribution in [3.8, 4) is 0 Å². The molecule has 0 heterocycles. The molecule has 0 aromatic carbocycles. The van der Waals surface area contributed by atoms with Crippen LogP contribution in [0.4, 0.5) is 0 Å². The summed E-state index contributed by atoms with van der Waals surface area (Å²) >= 11 is 2.18. The third-order valence-electron chi connectivity index (χ3n) is 6.23. The Morgan fingerprint density at radius 1 is 0.600 bits per heavy atom. The first kappa shape index (κ1) is 20.4. The summed E-state index contributed by atoms with van der Waals surface area (Å²) in [7, 11) is 0. The van der Waals surface area contributed by atoms with Gasteiger partial charge >= 0.3 is 0 Å². The van der Waals surface area contributed by atoms with E-state index in [4.69, 9.17) is 0 Å². The van der Waals surface area contributed by atoms with Gasteiger partial charge in [-0.3, -0.25) is 0 Å². The molecule has 0 amide bonds. The van der Waals surface area contributed by atoms with Crippen LogP contribution < -0.4 is 15.3 Å². The highest BCUT2D eigenvalue weighted by Crippen LogP contribution is 2.61. The van der Waals surface area contributed by atoms with Crippen molar-refractivity contribution in [1.29, 1.82) is 0 Å². The predicted molar refractivity (Wildman–Crippen MR) is 115 cm³/mol. The van der Waals surface area contributed by atoms with E-state index in [1.54, 1.807) is 0 Å². The minimum absolute atomic E-state index is 0.730. The molecule has 146 valence electrons. The van der Waals surface area contributed by atoms with Gasteiger partial charge in [0, 0.05) is 23.9 Å². The second kappa shape index (κ2) is 10.9. The van der Waals surface area contributed by atoms with E-state index in [9.17, 15) is 0 Å². The zero-order valence-corrected chi connectivity index (χ0v) is 18.1. The first-order chi connectivity index (χ1) is 12.3. The Morgan fingerprint density at radius 3 is 1.20 bits per heavy atom. The minimum Gasteiger partial charge on any atom is -0.149 e. The summed E-state index contributed by atoms with van der Waals surface area (Å²) < 4.78 is 0. The monoisotopic (exact) mass is 386 g/mol. The van der Waals surface area contributed by atoms with E-state index in [1.807, 2.05) is 0 Å². The summed E-state index contributed by atoms with van der Waals surface area (Å²) in [6.45, 7) is 0.805. The summed E-state index contributed by atoms with van der Waals surface area (Å²) in [5.74, 6) is 1.20. The number of hydrogen-bond acceptors (Lipinski definition) is 4. The van der Waals surface area contributed by atoms with Gasteiger partial charge in [-0.1, -0.05) is 64.7 Å². The number of rotatable bonds is 8. The quantitative estimate of drug-likeness (QED) is 0.435. The van der Waals surface area contributed by atoms with Crippen molar-refractivity contribution in [2.24, 2.45) is 0 Å². The molecule has 0 aromatic rings. The Hall–Kier alpha value is 0.660. The van der Waals surface area contributed by atoms with Crippen LogP contribution in [0, 0.1) is 0 Å². The van der Waals surface area contributed by atoms with Gasteiger partial charge in [0.1, 0.15) is 0 Å². The number of hydrogen-bond donors (Lipinski definition) is 3. The molecule has 0 bridgehead atoms. The average molecular weight is 387 g/mol. The largest absolute Gasteiger partial charge is 0.284 e. The van der Waals surface area contributed by atoms with E-state index in [0.29, 0.717) is 0 Å². The maximum absolute atomic E-state index is 4.22. The van der Waals surface area contributed by atoms with E-state index in [2.05, 4.69) is 33.6 Å². The molecule has 25 heavy (non-hydrogen) atoms. The van der Waals surface area contributed by atoms with E-state index in [1.165, 1.54) is 102 Å². The second-order valence-corrected chi connectivity index (χ2v) is 13.7. The molecule has 0 atom stereocenters. The zero-order valence-electron chi connectivity index (χ0n) is 16.4. The van der Waals surface area contributed by atoms with Gasteiger partial charge in [-0.2, -0.15) is 0 Å². The van der Waals surface area contributed by atoms with Crippen LogP contribution in [0.2, 0.25) is 0 Å². The topological polar surface area (TPSA) is 36.1 Å². The third kappa shape index (κ3) is 6.64. The van der Waals surface area contributed by atoms with Crippen molar-refractivity contribution in [1.82, 2.24) is 15.3 Å². The molecular formula is C20H41N3PS+. The second-order valence-electron chi connectivity index (χ2n) is 8.42. The smallest absolute Gasteiger partial charge is 0.149 e. The molecule has 3 aliphatic rings. The number of nitrogens with one attached hydrogen (secondary N) is 3. The van der Waals surface area contributed by atoms with Crippen LogP contribution >= 0.6 is 18.3 Å². The van der Waals surface area contributed by atoms with Gasteiger partial charge in [-0.25, -0.2) is 0 Å². The maximum atomic E-state index is 4.22.